The molecule has 0 radical (unpaired) electrons. The van der Waals surface area contributed by atoms with Crippen LogP contribution in [0.5, 0.6) is 0 Å². The molecule has 234 valence electrons. The molecule has 10 rings (SSSR count). The monoisotopic (exact) mass is 638 g/mol. The van der Waals surface area contributed by atoms with Crippen molar-refractivity contribution in [3.63, 3.8) is 0 Å². The normalized spacial score (nSPS) is 11.6. The summed E-state index contributed by atoms with van der Waals surface area (Å²) in [4.78, 5) is 11.0. The molecule has 0 fully saturated rings. The van der Waals surface area contributed by atoms with Crippen molar-refractivity contribution in [2.24, 2.45) is 0 Å². The van der Waals surface area contributed by atoms with Gasteiger partial charge in [-0.25, -0.2) is 9.97 Å². The summed E-state index contributed by atoms with van der Waals surface area (Å²) in [6.45, 7) is 0. The predicted octanol–water partition coefficient (Wildman–Crippen LogP) is 11.7. The summed E-state index contributed by atoms with van der Waals surface area (Å²) >= 11 is 0. The molecule has 0 saturated heterocycles. The van der Waals surface area contributed by atoms with E-state index >= 15 is 0 Å². The molecule has 0 aliphatic carbocycles. The van der Waals surface area contributed by atoms with E-state index in [4.69, 9.17) is 9.97 Å². The Hall–Kier alpha value is -6.78. The number of benzene rings is 7. The van der Waals surface area contributed by atoms with Crippen molar-refractivity contribution in [3.8, 4) is 45.1 Å². The van der Waals surface area contributed by atoms with Crippen molar-refractivity contribution in [2.45, 2.75) is 0 Å². The fourth-order valence-corrected chi connectivity index (χ4v) is 7.44. The van der Waals surface area contributed by atoms with Gasteiger partial charge in [0, 0.05) is 27.4 Å². The van der Waals surface area contributed by atoms with E-state index in [9.17, 15) is 0 Å². The molecule has 4 nitrogen and oxygen atoms in total. The number of nitrogens with zero attached hydrogens (tertiary/aromatic N) is 4. The average molecular weight is 639 g/mol. The lowest BCUT2D eigenvalue weighted by atomic mass is 10.0. The first-order valence-electron chi connectivity index (χ1n) is 16.9. The summed E-state index contributed by atoms with van der Waals surface area (Å²) in [5, 5.41) is 3.42. The molecule has 3 aromatic heterocycles. The van der Waals surface area contributed by atoms with E-state index in [1.54, 1.807) is 0 Å². The van der Waals surface area contributed by atoms with E-state index in [0.717, 1.165) is 55.5 Å². The SMILES string of the molecule is c1ccc(-c2ccc3c(c2)c2ccccc2n3-c2nc(-c3ccccc3)c3c(n2)c2cc(-c4ccccc4)ccc2n3-c2ccccc2)cc1. The van der Waals surface area contributed by atoms with Crippen LogP contribution in [0.2, 0.25) is 0 Å². The summed E-state index contributed by atoms with van der Waals surface area (Å²) in [5.74, 6) is 0.646. The molecule has 0 unspecified atom stereocenters. The molecule has 0 amide bonds. The number of hydrogen-bond donors (Lipinski definition) is 0. The number of hydrogen-bond acceptors (Lipinski definition) is 2. The largest absolute Gasteiger partial charge is 0.306 e. The second kappa shape index (κ2) is 11.4. The minimum Gasteiger partial charge on any atom is -0.306 e. The number of aromatic nitrogens is 4. The van der Waals surface area contributed by atoms with Crippen molar-refractivity contribution < 1.29 is 0 Å². The third-order valence-corrected chi connectivity index (χ3v) is 9.74. The molecular formula is C46H30N4. The van der Waals surface area contributed by atoms with Crippen LogP contribution in [0.15, 0.2) is 182 Å². The highest BCUT2D eigenvalue weighted by Gasteiger charge is 2.23. The maximum absolute atomic E-state index is 5.52. The Labute approximate surface area is 289 Å². The van der Waals surface area contributed by atoms with Gasteiger partial charge in [-0.05, 0) is 64.7 Å². The van der Waals surface area contributed by atoms with Crippen molar-refractivity contribution in [3.05, 3.63) is 182 Å². The average Bonchev–Trinajstić information content (AvgIpc) is 3.71. The van der Waals surface area contributed by atoms with Gasteiger partial charge in [0.1, 0.15) is 11.2 Å². The Balaban J connectivity index is 1.33. The number of fused-ring (bicyclic) bond motifs is 6. The lowest BCUT2D eigenvalue weighted by Gasteiger charge is -2.13. The van der Waals surface area contributed by atoms with Crippen LogP contribution in [-0.4, -0.2) is 19.1 Å². The first-order chi connectivity index (χ1) is 24.8. The van der Waals surface area contributed by atoms with Crippen LogP contribution in [0.4, 0.5) is 0 Å². The Morgan fingerprint density at radius 2 is 0.840 bits per heavy atom. The molecule has 0 aliphatic heterocycles. The smallest absolute Gasteiger partial charge is 0.235 e. The van der Waals surface area contributed by atoms with Gasteiger partial charge in [-0.3, -0.25) is 4.57 Å². The zero-order valence-electron chi connectivity index (χ0n) is 27.1. The molecule has 4 heteroatoms. The minimum atomic E-state index is 0.646. The van der Waals surface area contributed by atoms with Gasteiger partial charge in [-0.15, -0.1) is 0 Å². The quantitative estimate of drug-likeness (QED) is 0.188. The summed E-state index contributed by atoms with van der Waals surface area (Å²) < 4.78 is 4.56. The Morgan fingerprint density at radius 1 is 0.340 bits per heavy atom. The molecule has 0 saturated carbocycles. The standard InChI is InChI=1S/C46H30N4/c1-5-15-31(16-6-1)34-25-27-41-38(29-34)37-23-13-14-24-40(37)50(41)46-47-43(33-19-9-3-10-20-33)45-44(48-46)39-30-35(32-17-7-2-8-18-32)26-28-42(39)49(45)36-21-11-4-12-22-36/h1-30H. The molecule has 50 heavy (non-hydrogen) atoms. The zero-order valence-corrected chi connectivity index (χ0v) is 27.1. The van der Waals surface area contributed by atoms with Gasteiger partial charge in [-0.2, -0.15) is 0 Å². The van der Waals surface area contributed by atoms with E-state index in [0.29, 0.717) is 5.95 Å². The van der Waals surface area contributed by atoms with Gasteiger partial charge < -0.3 is 4.57 Å². The van der Waals surface area contributed by atoms with E-state index in [-0.39, 0.29) is 0 Å². The fourth-order valence-electron chi connectivity index (χ4n) is 7.44. The van der Waals surface area contributed by atoms with Gasteiger partial charge in [0.25, 0.3) is 0 Å². The summed E-state index contributed by atoms with van der Waals surface area (Å²) in [6.07, 6.45) is 0. The van der Waals surface area contributed by atoms with Gasteiger partial charge in [-0.1, -0.05) is 140 Å². The highest BCUT2D eigenvalue weighted by molar-refractivity contribution is 6.13. The topological polar surface area (TPSA) is 35.6 Å². The lowest BCUT2D eigenvalue weighted by molar-refractivity contribution is 1.01. The van der Waals surface area contributed by atoms with E-state index < -0.39 is 0 Å². The highest BCUT2D eigenvalue weighted by atomic mass is 15.2. The van der Waals surface area contributed by atoms with Crippen molar-refractivity contribution in [1.82, 2.24) is 19.1 Å². The highest BCUT2D eigenvalue weighted by Crippen LogP contribution is 2.40. The molecule has 0 aliphatic rings. The second-order valence-corrected chi connectivity index (χ2v) is 12.7. The molecule has 3 heterocycles. The number of rotatable bonds is 5. The molecular weight excluding hydrogens is 609 g/mol. The Bertz CT molecular complexity index is 2840. The van der Waals surface area contributed by atoms with Gasteiger partial charge >= 0.3 is 0 Å². The molecule has 0 atom stereocenters. The third-order valence-electron chi connectivity index (χ3n) is 9.74. The van der Waals surface area contributed by atoms with Crippen molar-refractivity contribution in [2.75, 3.05) is 0 Å². The van der Waals surface area contributed by atoms with E-state index in [1.807, 2.05) is 0 Å². The van der Waals surface area contributed by atoms with Gasteiger partial charge in [0.2, 0.25) is 5.95 Å². The molecule has 0 spiro atoms. The first-order valence-corrected chi connectivity index (χ1v) is 16.9. The van der Waals surface area contributed by atoms with Crippen LogP contribution in [0.1, 0.15) is 0 Å². The first kappa shape index (κ1) is 28.3. The lowest BCUT2D eigenvalue weighted by Crippen LogP contribution is -2.04. The molecule has 10 aromatic rings. The van der Waals surface area contributed by atoms with Gasteiger partial charge in [0.05, 0.1) is 22.1 Å². The maximum atomic E-state index is 5.52. The second-order valence-electron chi connectivity index (χ2n) is 12.7. The molecule has 0 N–H and O–H groups in total. The fraction of sp³-hybridized carbons (Fsp3) is 0. The van der Waals surface area contributed by atoms with E-state index in [2.05, 4.69) is 191 Å². The summed E-state index contributed by atoms with van der Waals surface area (Å²) in [7, 11) is 0. The summed E-state index contributed by atoms with van der Waals surface area (Å²) in [5.41, 5.74) is 12.8. The van der Waals surface area contributed by atoms with Crippen LogP contribution >= 0.6 is 0 Å². The van der Waals surface area contributed by atoms with Crippen LogP contribution in [-0.2, 0) is 0 Å². The maximum Gasteiger partial charge on any atom is 0.235 e. The van der Waals surface area contributed by atoms with Crippen molar-refractivity contribution >= 4 is 43.7 Å². The Kier molecular flexibility index (Phi) is 6.46. The van der Waals surface area contributed by atoms with Crippen LogP contribution in [0, 0.1) is 0 Å². The zero-order chi connectivity index (χ0) is 33.0. The number of para-hydroxylation sites is 2. The third kappa shape index (κ3) is 4.46. The van der Waals surface area contributed by atoms with Crippen LogP contribution < -0.4 is 0 Å². The minimum absolute atomic E-state index is 0.646. The van der Waals surface area contributed by atoms with Crippen molar-refractivity contribution in [1.29, 1.82) is 0 Å². The predicted molar refractivity (Wildman–Crippen MR) is 207 cm³/mol. The summed E-state index contributed by atoms with van der Waals surface area (Å²) in [6, 6.07) is 64.2. The Morgan fingerprint density at radius 3 is 1.48 bits per heavy atom. The molecule has 0 bridgehead atoms. The molecule has 7 aromatic carbocycles. The van der Waals surface area contributed by atoms with Crippen LogP contribution in [0.3, 0.4) is 0 Å². The van der Waals surface area contributed by atoms with E-state index in [1.165, 1.54) is 27.5 Å². The van der Waals surface area contributed by atoms with Gasteiger partial charge in [0.15, 0.2) is 0 Å². The van der Waals surface area contributed by atoms with Crippen LogP contribution in [0.25, 0.3) is 88.9 Å².